The molecule has 24 heavy (non-hydrogen) atoms. The molecule has 3 atom stereocenters. The van der Waals surface area contributed by atoms with Crippen molar-refractivity contribution in [3.63, 3.8) is 0 Å². The molecular formula is C12H24BCl2F3N2O4. The maximum absolute atomic E-state index is 12.1. The van der Waals surface area contributed by atoms with Crippen molar-refractivity contribution >= 4 is 37.9 Å². The standard InChI is InChI=1S/C12H22BF3N2O4.2ClH/c14-12(15,16)7-18-6-9-2-1-8(3-4-13(21)22)5-11(9,17)10(19)20;;/h8-9,18,21-22H,1-7,17H2,(H,19,20);2*1H/t8-,9-,11+;;/m0../s1. The number of carbonyl (C=O) groups is 1. The van der Waals surface area contributed by atoms with Crippen LogP contribution in [0.3, 0.4) is 0 Å². The van der Waals surface area contributed by atoms with Gasteiger partial charge in [0.25, 0.3) is 0 Å². The minimum atomic E-state index is -4.35. The number of aliphatic carboxylic acids is 1. The number of halogens is 5. The second-order valence-electron chi connectivity index (χ2n) is 5.99. The molecule has 0 aromatic carbocycles. The van der Waals surface area contributed by atoms with Gasteiger partial charge in [0.1, 0.15) is 5.54 Å². The Morgan fingerprint density at radius 3 is 2.33 bits per heavy atom. The molecule has 0 heterocycles. The van der Waals surface area contributed by atoms with Gasteiger partial charge in [-0.15, -0.1) is 24.8 Å². The first-order valence-corrected chi connectivity index (χ1v) is 7.20. The predicted octanol–water partition coefficient (Wildman–Crippen LogP) is 1.04. The van der Waals surface area contributed by atoms with Crippen molar-refractivity contribution in [1.82, 2.24) is 5.32 Å². The van der Waals surface area contributed by atoms with Crippen LogP contribution in [0.15, 0.2) is 0 Å². The van der Waals surface area contributed by atoms with Crippen LogP contribution in [0.25, 0.3) is 0 Å². The molecule has 1 aliphatic carbocycles. The molecule has 0 aromatic rings. The second kappa shape index (κ2) is 10.7. The van der Waals surface area contributed by atoms with Crippen LogP contribution in [0.1, 0.15) is 25.7 Å². The summed E-state index contributed by atoms with van der Waals surface area (Å²) in [5.41, 5.74) is 4.35. The van der Waals surface area contributed by atoms with Crippen LogP contribution in [0.4, 0.5) is 13.2 Å². The first-order valence-electron chi connectivity index (χ1n) is 7.20. The lowest BCUT2D eigenvalue weighted by Crippen LogP contribution is -2.60. The van der Waals surface area contributed by atoms with E-state index in [1.807, 2.05) is 0 Å². The quantitative estimate of drug-likeness (QED) is 0.409. The Morgan fingerprint density at radius 2 is 1.88 bits per heavy atom. The smallest absolute Gasteiger partial charge is 0.451 e. The maximum Gasteiger partial charge on any atom is 0.451 e. The largest absolute Gasteiger partial charge is 0.480 e. The van der Waals surface area contributed by atoms with Gasteiger partial charge in [-0.3, -0.25) is 4.79 Å². The molecule has 0 spiro atoms. The van der Waals surface area contributed by atoms with Gasteiger partial charge in [0.15, 0.2) is 0 Å². The number of rotatable bonds is 7. The number of carboxylic acid groups (broad SMARTS) is 1. The van der Waals surface area contributed by atoms with E-state index in [0.717, 1.165) is 0 Å². The first-order chi connectivity index (χ1) is 10.0. The fraction of sp³-hybridized carbons (Fsp3) is 0.917. The Morgan fingerprint density at radius 1 is 1.29 bits per heavy atom. The van der Waals surface area contributed by atoms with Crippen molar-refractivity contribution < 1.29 is 33.1 Å². The van der Waals surface area contributed by atoms with E-state index in [1.165, 1.54) is 0 Å². The van der Waals surface area contributed by atoms with E-state index in [2.05, 4.69) is 5.32 Å². The van der Waals surface area contributed by atoms with Crippen molar-refractivity contribution in [2.24, 2.45) is 17.6 Å². The summed E-state index contributed by atoms with van der Waals surface area (Å²) in [7, 11) is -1.46. The highest BCUT2D eigenvalue weighted by molar-refractivity contribution is 6.40. The summed E-state index contributed by atoms with van der Waals surface area (Å²) in [6.45, 7) is -1.29. The minimum absolute atomic E-state index is 0. The molecule has 1 rings (SSSR count). The zero-order chi connectivity index (χ0) is 17.0. The summed E-state index contributed by atoms with van der Waals surface area (Å²) in [6.07, 6.45) is -2.69. The number of nitrogens with one attached hydrogen (secondary N) is 1. The van der Waals surface area contributed by atoms with Crippen molar-refractivity contribution in [1.29, 1.82) is 0 Å². The number of hydrogen-bond acceptors (Lipinski definition) is 5. The van der Waals surface area contributed by atoms with E-state index in [9.17, 15) is 23.1 Å². The van der Waals surface area contributed by atoms with Gasteiger partial charge in [0, 0.05) is 12.5 Å². The third kappa shape index (κ3) is 8.22. The Labute approximate surface area is 151 Å². The van der Waals surface area contributed by atoms with E-state index in [-0.39, 0.29) is 50.0 Å². The Kier molecular flexibility index (Phi) is 11.6. The molecule has 144 valence electrons. The van der Waals surface area contributed by atoms with Gasteiger partial charge >= 0.3 is 19.3 Å². The van der Waals surface area contributed by atoms with E-state index in [0.29, 0.717) is 19.3 Å². The van der Waals surface area contributed by atoms with Gasteiger partial charge in [-0.05, 0) is 31.5 Å². The van der Waals surface area contributed by atoms with E-state index >= 15 is 0 Å². The van der Waals surface area contributed by atoms with Crippen molar-refractivity contribution in [2.45, 2.75) is 43.7 Å². The Bertz CT molecular complexity index is 394. The molecule has 0 saturated heterocycles. The van der Waals surface area contributed by atoms with Crippen molar-refractivity contribution in [3.05, 3.63) is 0 Å². The van der Waals surface area contributed by atoms with Crippen LogP contribution in [0, 0.1) is 11.8 Å². The number of hydrogen-bond donors (Lipinski definition) is 5. The van der Waals surface area contributed by atoms with Crippen LogP contribution in [-0.2, 0) is 4.79 Å². The zero-order valence-electron chi connectivity index (χ0n) is 13.0. The van der Waals surface area contributed by atoms with Gasteiger partial charge in [-0.1, -0.05) is 6.42 Å². The molecule has 6 N–H and O–H groups in total. The van der Waals surface area contributed by atoms with Crippen LogP contribution < -0.4 is 11.1 Å². The molecule has 0 aliphatic heterocycles. The van der Waals surface area contributed by atoms with Crippen LogP contribution in [-0.4, -0.2) is 53.0 Å². The molecule has 12 heteroatoms. The van der Waals surface area contributed by atoms with Gasteiger partial charge in [-0.25, -0.2) is 0 Å². The third-order valence-corrected chi connectivity index (χ3v) is 4.23. The average Bonchev–Trinajstić information content (AvgIpc) is 2.37. The summed E-state index contributed by atoms with van der Waals surface area (Å²) in [5.74, 6) is -1.91. The summed E-state index contributed by atoms with van der Waals surface area (Å²) in [6, 6.07) is 0. The Balaban J connectivity index is 0. The van der Waals surface area contributed by atoms with Crippen LogP contribution in [0.5, 0.6) is 0 Å². The van der Waals surface area contributed by atoms with Gasteiger partial charge in [0.2, 0.25) is 0 Å². The van der Waals surface area contributed by atoms with E-state index in [4.69, 9.17) is 15.8 Å². The lowest BCUT2D eigenvalue weighted by molar-refractivity contribution is -0.148. The average molecular weight is 399 g/mol. The molecule has 1 saturated carbocycles. The summed E-state index contributed by atoms with van der Waals surface area (Å²) >= 11 is 0. The molecule has 0 bridgehead atoms. The Hall–Kier alpha value is -0.255. The summed E-state index contributed by atoms with van der Waals surface area (Å²) in [5, 5.41) is 29.3. The minimum Gasteiger partial charge on any atom is -0.480 e. The number of alkyl halides is 3. The SMILES string of the molecule is Cl.Cl.N[C@]1(C(=O)O)C[C@H](CCB(O)O)CC[C@H]1CNCC(F)(F)F. The summed E-state index contributed by atoms with van der Waals surface area (Å²) < 4.78 is 36.4. The highest BCUT2D eigenvalue weighted by Crippen LogP contribution is 2.38. The molecule has 0 radical (unpaired) electrons. The van der Waals surface area contributed by atoms with Crippen molar-refractivity contribution in [3.8, 4) is 0 Å². The fourth-order valence-corrected chi connectivity index (χ4v) is 3.01. The monoisotopic (exact) mass is 398 g/mol. The maximum atomic E-state index is 12.1. The normalized spacial score (nSPS) is 26.9. The first kappa shape index (κ1) is 26.0. The molecule has 1 fully saturated rings. The summed E-state index contributed by atoms with van der Waals surface area (Å²) in [4.78, 5) is 11.5. The molecule has 6 nitrogen and oxygen atoms in total. The molecule has 0 amide bonds. The lowest BCUT2D eigenvalue weighted by atomic mass is 9.66. The highest BCUT2D eigenvalue weighted by Gasteiger charge is 2.46. The zero-order valence-corrected chi connectivity index (χ0v) is 14.6. The fourth-order valence-electron chi connectivity index (χ4n) is 3.01. The number of nitrogens with two attached hydrogens (primary N) is 1. The third-order valence-electron chi connectivity index (χ3n) is 4.23. The van der Waals surface area contributed by atoms with Gasteiger partial charge in [-0.2, -0.15) is 13.2 Å². The molecule has 0 aromatic heterocycles. The van der Waals surface area contributed by atoms with Crippen LogP contribution in [0.2, 0.25) is 6.32 Å². The lowest BCUT2D eigenvalue weighted by Gasteiger charge is -2.41. The molecular weight excluding hydrogens is 375 g/mol. The van der Waals surface area contributed by atoms with Crippen LogP contribution >= 0.6 is 24.8 Å². The van der Waals surface area contributed by atoms with Gasteiger partial charge in [0.05, 0.1) is 6.54 Å². The van der Waals surface area contributed by atoms with E-state index < -0.39 is 37.3 Å². The highest BCUT2D eigenvalue weighted by atomic mass is 35.5. The second-order valence-corrected chi connectivity index (χ2v) is 5.99. The van der Waals surface area contributed by atoms with Gasteiger partial charge < -0.3 is 26.2 Å². The van der Waals surface area contributed by atoms with E-state index in [1.54, 1.807) is 0 Å². The predicted molar refractivity (Wildman–Crippen MR) is 88.4 cm³/mol. The number of carboxylic acids is 1. The topological polar surface area (TPSA) is 116 Å². The molecule has 0 unspecified atom stereocenters. The molecule has 1 aliphatic rings. The van der Waals surface area contributed by atoms with Crippen molar-refractivity contribution in [2.75, 3.05) is 13.1 Å².